The molecule has 6 heteroatoms. The first-order chi connectivity index (χ1) is 21.8. The molecular formula is C38H25BN4O. The van der Waals surface area contributed by atoms with Crippen molar-refractivity contribution in [3.05, 3.63) is 152 Å². The summed E-state index contributed by atoms with van der Waals surface area (Å²) in [5.41, 5.74) is 9.19. The smallest absolute Gasteiger partial charge is 0.429 e. The van der Waals surface area contributed by atoms with Crippen LogP contribution in [-0.2, 0) is 0 Å². The minimum Gasteiger partial charge on any atom is -0.442 e. The highest BCUT2D eigenvalue weighted by molar-refractivity contribution is 6.74. The van der Waals surface area contributed by atoms with E-state index in [1.165, 1.54) is 32.9 Å². The molecule has 0 aliphatic carbocycles. The number of aromatic nitrogens is 3. The van der Waals surface area contributed by atoms with Crippen molar-refractivity contribution in [2.45, 2.75) is 0 Å². The predicted molar refractivity (Wildman–Crippen MR) is 180 cm³/mol. The Morgan fingerprint density at radius 1 is 0.523 bits per heavy atom. The SMILES string of the molecule is c1ccc(-c2ccc(N3c4cc(-n5c6ccccc6c6ccccc65)cc5c4B(n4cccc4O5)n4cccc43)cc2)cc1. The Kier molecular flexibility index (Phi) is 4.74. The average molecular weight is 564 g/mol. The van der Waals surface area contributed by atoms with Gasteiger partial charge in [0.2, 0.25) is 0 Å². The Hall–Kier alpha value is -5.88. The van der Waals surface area contributed by atoms with Gasteiger partial charge >= 0.3 is 6.98 Å². The molecule has 0 saturated carbocycles. The monoisotopic (exact) mass is 564 g/mol. The topological polar surface area (TPSA) is 27.3 Å². The molecular weight excluding hydrogens is 539 g/mol. The Morgan fingerprint density at radius 3 is 1.95 bits per heavy atom. The Morgan fingerprint density at radius 2 is 1.18 bits per heavy atom. The van der Waals surface area contributed by atoms with Gasteiger partial charge in [-0.3, -0.25) is 4.90 Å². The normalized spacial score (nSPS) is 13.1. The van der Waals surface area contributed by atoms with Crippen molar-refractivity contribution in [3.63, 3.8) is 0 Å². The summed E-state index contributed by atoms with van der Waals surface area (Å²) in [7, 11) is 0. The van der Waals surface area contributed by atoms with Gasteiger partial charge in [0.15, 0.2) is 5.88 Å². The van der Waals surface area contributed by atoms with Gasteiger partial charge in [0.05, 0.1) is 22.4 Å². The fourth-order valence-electron chi connectivity index (χ4n) is 7.26. The van der Waals surface area contributed by atoms with Gasteiger partial charge in [0.1, 0.15) is 11.6 Å². The number of hydrogen-bond donors (Lipinski definition) is 0. The van der Waals surface area contributed by atoms with E-state index in [1.54, 1.807) is 0 Å². The van der Waals surface area contributed by atoms with Crippen LogP contribution in [0.4, 0.5) is 17.2 Å². The lowest BCUT2D eigenvalue weighted by molar-refractivity contribution is 0.453. The maximum absolute atomic E-state index is 6.69. The number of hydrogen-bond acceptors (Lipinski definition) is 2. The summed E-state index contributed by atoms with van der Waals surface area (Å²) >= 11 is 0. The predicted octanol–water partition coefficient (Wildman–Crippen LogP) is 8.73. The molecule has 3 aromatic heterocycles. The molecule has 0 saturated heterocycles. The summed E-state index contributed by atoms with van der Waals surface area (Å²) < 4.78 is 13.6. The first-order valence-electron chi connectivity index (χ1n) is 15.0. The minimum absolute atomic E-state index is 0.0456. The van der Waals surface area contributed by atoms with E-state index in [4.69, 9.17) is 4.74 Å². The second-order valence-electron chi connectivity index (χ2n) is 11.5. The molecule has 2 aliphatic rings. The first-order valence-corrected chi connectivity index (χ1v) is 15.0. The number of fused-ring (bicyclic) bond motifs is 7. The quantitative estimate of drug-likeness (QED) is 0.201. The Bertz CT molecular complexity index is 2330. The first kappa shape index (κ1) is 23.7. The zero-order chi connectivity index (χ0) is 28.8. The van der Waals surface area contributed by atoms with E-state index in [0.717, 1.165) is 40.0 Å². The zero-order valence-corrected chi connectivity index (χ0v) is 23.7. The average Bonchev–Trinajstić information content (AvgIpc) is 3.83. The molecule has 0 bridgehead atoms. The summed E-state index contributed by atoms with van der Waals surface area (Å²) in [6.07, 6.45) is 4.29. The van der Waals surface area contributed by atoms with Gasteiger partial charge in [-0.2, -0.15) is 0 Å². The molecule has 0 atom stereocenters. The van der Waals surface area contributed by atoms with Crippen LogP contribution in [0.1, 0.15) is 0 Å². The zero-order valence-electron chi connectivity index (χ0n) is 23.7. The van der Waals surface area contributed by atoms with Crippen molar-refractivity contribution in [1.82, 2.24) is 13.5 Å². The summed E-state index contributed by atoms with van der Waals surface area (Å²) in [6, 6.07) is 49.7. The third-order valence-electron chi connectivity index (χ3n) is 9.14. The molecule has 10 rings (SSSR count). The van der Waals surface area contributed by atoms with Crippen molar-refractivity contribution in [1.29, 1.82) is 0 Å². The standard InChI is InChI=1S/C38H25BN4O/c1-2-10-26(11-3-1)27-18-20-28(21-19-27)43-34-24-29(42-32-14-6-4-12-30(32)31-13-5-7-15-33(31)42)25-35-38(34)39(40-22-8-16-36(40)43)41-23-9-17-37(41)44-35/h1-25H. The Labute approximate surface area is 254 Å². The summed E-state index contributed by atoms with van der Waals surface area (Å²) in [5, 5.41) is 2.48. The minimum atomic E-state index is -0.0456. The van der Waals surface area contributed by atoms with E-state index in [2.05, 4.69) is 164 Å². The highest BCUT2D eigenvalue weighted by Gasteiger charge is 2.42. The fourth-order valence-corrected chi connectivity index (χ4v) is 7.26. The van der Waals surface area contributed by atoms with Gasteiger partial charge in [-0.25, -0.2) is 0 Å². The van der Waals surface area contributed by atoms with Crippen molar-refractivity contribution < 1.29 is 4.74 Å². The molecule has 5 heterocycles. The highest BCUT2D eigenvalue weighted by Crippen LogP contribution is 2.45. The summed E-state index contributed by atoms with van der Waals surface area (Å²) in [4.78, 5) is 2.37. The van der Waals surface area contributed by atoms with Crippen molar-refractivity contribution in [2.24, 2.45) is 0 Å². The van der Waals surface area contributed by atoms with Crippen molar-refractivity contribution in [3.8, 4) is 28.4 Å². The molecule has 0 N–H and O–H groups in total. The van der Waals surface area contributed by atoms with Crippen LogP contribution in [0.25, 0.3) is 38.6 Å². The third kappa shape index (κ3) is 3.19. The van der Waals surface area contributed by atoms with Gasteiger partial charge in [-0.15, -0.1) is 0 Å². The lowest BCUT2D eigenvalue weighted by Crippen LogP contribution is -2.52. The molecule has 0 spiro atoms. The van der Waals surface area contributed by atoms with Crippen LogP contribution in [0.15, 0.2) is 152 Å². The van der Waals surface area contributed by atoms with Crippen LogP contribution in [-0.4, -0.2) is 20.5 Å². The maximum Gasteiger partial charge on any atom is 0.429 e. The second kappa shape index (κ2) is 8.82. The van der Waals surface area contributed by atoms with Gasteiger partial charge in [0, 0.05) is 28.0 Å². The molecule has 0 fully saturated rings. The van der Waals surface area contributed by atoms with E-state index in [0.29, 0.717) is 0 Å². The van der Waals surface area contributed by atoms with Crippen molar-refractivity contribution >= 4 is 51.4 Å². The van der Waals surface area contributed by atoms with Crippen LogP contribution in [0, 0.1) is 0 Å². The fraction of sp³-hybridized carbons (Fsp3) is 0. The van der Waals surface area contributed by atoms with E-state index < -0.39 is 0 Å². The molecule has 0 amide bonds. The van der Waals surface area contributed by atoms with Crippen LogP contribution in [0.5, 0.6) is 11.6 Å². The number of benzene rings is 5. The lowest BCUT2D eigenvalue weighted by Gasteiger charge is -2.39. The third-order valence-corrected chi connectivity index (χ3v) is 9.14. The molecule has 206 valence electrons. The number of rotatable bonds is 3. The van der Waals surface area contributed by atoms with Crippen LogP contribution in [0.3, 0.4) is 0 Å². The van der Waals surface area contributed by atoms with Gasteiger partial charge in [0.25, 0.3) is 0 Å². The van der Waals surface area contributed by atoms with Crippen LogP contribution in [0.2, 0.25) is 0 Å². The molecule has 5 nitrogen and oxygen atoms in total. The number of anilines is 3. The summed E-state index contributed by atoms with van der Waals surface area (Å²) in [5.74, 6) is 2.83. The van der Waals surface area contributed by atoms with Crippen LogP contribution < -0.4 is 15.1 Å². The number of ether oxygens (including phenoxy) is 1. The van der Waals surface area contributed by atoms with E-state index >= 15 is 0 Å². The molecule has 2 aliphatic heterocycles. The van der Waals surface area contributed by atoms with Crippen molar-refractivity contribution in [2.75, 3.05) is 4.90 Å². The molecule has 0 radical (unpaired) electrons. The van der Waals surface area contributed by atoms with E-state index in [9.17, 15) is 0 Å². The van der Waals surface area contributed by atoms with E-state index in [-0.39, 0.29) is 6.98 Å². The highest BCUT2D eigenvalue weighted by atomic mass is 16.5. The number of nitrogens with zero attached hydrogens (tertiary/aromatic N) is 4. The lowest BCUT2D eigenvalue weighted by atomic mass is 9.63. The second-order valence-corrected chi connectivity index (χ2v) is 11.5. The van der Waals surface area contributed by atoms with Gasteiger partial charge in [-0.1, -0.05) is 78.9 Å². The van der Waals surface area contributed by atoms with Gasteiger partial charge < -0.3 is 18.3 Å². The van der Waals surface area contributed by atoms with Crippen LogP contribution >= 0.6 is 0 Å². The molecule has 44 heavy (non-hydrogen) atoms. The van der Waals surface area contributed by atoms with E-state index in [1.807, 2.05) is 6.07 Å². The maximum atomic E-state index is 6.69. The molecule has 8 aromatic rings. The Balaban J connectivity index is 1.25. The summed E-state index contributed by atoms with van der Waals surface area (Å²) in [6.45, 7) is -0.0456. The number of para-hydroxylation sites is 2. The molecule has 0 unspecified atom stereocenters. The largest absolute Gasteiger partial charge is 0.442 e. The molecule has 5 aromatic carbocycles. The van der Waals surface area contributed by atoms with Gasteiger partial charge in [-0.05, 0) is 78.1 Å².